The molecule has 1 aromatic rings. The highest BCUT2D eigenvalue weighted by molar-refractivity contribution is 5.07. The van der Waals surface area contributed by atoms with Gasteiger partial charge in [0.1, 0.15) is 0 Å². The molecule has 4 heteroatoms. The molecule has 0 spiro atoms. The Morgan fingerprint density at radius 3 is 2.36 bits per heavy atom. The van der Waals surface area contributed by atoms with Gasteiger partial charge in [-0.2, -0.15) is 13.8 Å². The zero-order chi connectivity index (χ0) is 8.43. The minimum Gasteiger partial charge on any atom is -0.227 e. The zero-order valence-corrected chi connectivity index (χ0v) is 6.23. The van der Waals surface area contributed by atoms with Crippen molar-refractivity contribution in [3.8, 4) is 0 Å². The summed E-state index contributed by atoms with van der Waals surface area (Å²) in [6.45, 7) is 3.44. The lowest BCUT2D eigenvalue weighted by molar-refractivity contribution is 0.455. The van der Waals surface area contributed by atoms with Crippen LogP contribution in [0.2, 0.25) is 0 Å². The molecule has 59 valence electrons. The van der Waals surface area contributed by atoms with Crippen molar-refractivity contribution in [2.45, 2.75) is 19.8 Å². The fourth-order valence-electron chi connectivity index (χ4n) is 0.709. The van der Waals surface area contributed by atoms with Crippen molar-refractivity contribution in [1.29, 1.82) is 0 Å². The van der Waals surface area contributed by atoms with E-state index in [0.29, 0.717) is 0 Å². The Balaban J connectivity index is 3.17. The van der Waals surface area contributed by atoms with Gasteiger partial charge in [0.15, 0.2) is 5.82 Å². The first-order valence-electron chi connectivity index (χ1n) is 3.22. The van der Waals surface area contributed by atoms with Gasteiger partial charge in [0, 0.05) is 0 Å². The van der Waals surface area contributed by atoms with E-state index in [2.05, 4.69) is 9.97 Å². The highest BCUT2D eigenvalue weighted by Gasteiger charge is 2.13. The molecule has 2 nitrogen and oxygen atoms in total. The summed E-state index contributed by atoms with van der Waals surface area (Å²) >= 11 is 0. The molecule has 0 N–H and O–H groups in total. The van der Waals surface area contributed by atoms with E-state index in [4.69, 9.17) is 0 Å². The first-order valence-corrected chi connectivity index (χ1v) is 3.22. The Kier molecular flexibility index (Phi) is 2.12. The third-order valence-electron chi connectivity index (χ3n) is 1.27. The van der Waals surface area contributed by atoms with Crippen LogP contribution >= 0.6 is 0 Å². The molecule has 0 aliphatic rings. The average Bonchev–Trinajstić information content (AvgIpc) is 1.94. The van der Waals surface area contributed by atoms with Gasteiger partial charge in [0.05, 0.1) is 5.69 Å². The summed E-state index contributed by atoms with van der Waals surface area (Å²) < 4.78 is 25.1. The van der Waals surface area contributed by atoms with E-state index in [-0.39, 0.29) is 11.6 Å². The topological polar surface area (TPSA) is 25.8 Å². The maximum atomic E-state index is 12.7. The number of nitrogens with zero attached hydrogens (tertiary/aromatic N) is 2. The Labute approximate surface area is 63.3 Å². The van der Waals surface area contributed by atoms with Gasteiger partial charge in [-0.05, 0) is 5.92 Å². The summed E-state index contributed by atoms with van der Waals surface area (Å²) in [5, 5.41) is 0. The van der Waals surface area contributed by atoms with Crippen LogP contribution < -0.4 is 0 Å². The predicted molar refractivity (Wildman–Crippen MR) is 34.9 cm³/mol. The zero-order valence-electron chi connectivity index (χ0n) is 6.23. The molecular weight excluding hydrogens is 150 g/mol. The smallest absolute Gasteiger partial charge is 0.227 e. The Bertz CT molecular complexity index is 261. The maximum Gasteiger partial charge on any atom is 0.253 e. The molecule has 1 radical (unpaired) electrons. The molecule has 0 atom stereocenters. The van der Waals surface area contributed by atoms with E-state index in [1.54, 1.807) is 13.8 Å². The van der Waals surface area contributed by atoms with E-state index >= 15 is 0 Å². The first kappa shape index (κ1) is 8.04. The number of hydrogen-bond donors (Lipinski definition) is 0. The molecule has 0 amide bonds. The molecule has 0 saturated carbocycles. The molecule has 11 heavy (non-hydrogen) atoms. The second kappa shape index (κ2) is 2.90. The summed E-state index contributed by atoms with van der Waals surface area (Å²) in [4.78, 5) is 6.43. The van der Waals surface area contributed by atoms with Gasteiger partial charge in [-0.1, -0.05) is 13.8 Å². The van der Waals surface area contributed by atoms with Gasteiger partial charge >= 0.3 is 0 Å². The standard InChI is InChI=1S/C7H7F2N2/c1-4(2)6-5(8)7(9)11-3-10-6/h4H,1-2H3. The van der Waals surface area contributed by atoms with Crippen molar-refractivity contribution >= 4 is 0 Å². The summed E-state index contributed by atoms with van der Waals surface area (Å²) in [6.07, 6.45) is 2.04. The van der Waals surface area contributed by atoms with Gasteiger partial charge < -0.3 is 0 Å². The Morgan fingerprint density at radius 1 is 1.27 bits per heavy atom. The van der Waals surface area contributed by atoms with Gasteiger partial charge in [-0.15, -0.1) is 0 Å². The molecule has 0 aromatic carbocycles. The lowest BCUT2D eigenvalue weighted by Gasteiger charge is -2.03. The van der Waals surface area contributed by atoms with Crippen molar-refractivity contribution in [1.82, 2.24) is 9.97 Å². The van der Waals surface area contributed by atoms with Crippen molar-refractivity contribution < 1.29 is 8.78 Å². The summed E-state index contributed by atoms with van der Waals surface area (Å²) in [7, 11) is 0. The fraction of sp³-hybridized carbons (Fsp3) is 0.429. The number of halogens is 2. The second-order valence-corrected chi connectivity index (χ2v) is 2.47. The predicted octanol–water partition coefficient (Wildman–Crippen LogP) is 1.68. The van der Waals surface area contributed by atoms with E-state index in [9.17, 15) is 8.78 Å². The van der Waals surface area contributed by atoms with Gasteiger partial charge in [0.2, 0.25) is 6.33 Å². The number of hydrogen-bond acceptors (Lipinski definition) is 2. The van der Waals surface area contributed by atoms with Crippen LogP contribution in [-0.4, -0.2) is 9.97 Å². The molecule has 1 heterocycles. The molecular formula is C7H7F2N2. The second-order valence-electron chi connectivity index (χ2n) is 2.47. The van der Waals surface area contributed by atoms with Crippen LogP contribution in [0.5, 0.6) is 0 Å². The van der Waals surface area contributed by atoms with Gasteiger partial charge in [-0.25, -0.2) is 4.98 Å². The van der Waals surface area contributed by atoms with Crippen LogP contribution in [0.1, 0.15) is 25.5 Å². The molecule has 0 fully saturated rings. The van der Waals surface area contributed by atoms with Crippen molar-refractivity contribution in [2.75, 3.05) is 0 Å². The average molecular weight is 157 g/mol. The van der Waals surface area contributed by atoms with Crippen LogP contribution in [0, 0.1) is 18.1 Å². The molecule has 0 unspecified atom stereocenters. The summed E-state index contributed by atoms with van der Waals surface area (Å²) in [5.41, 5.74) is 0.0671. The van der Waals surface area contributed by atoms with E-state index < -0.39 is 11.8 Å². The van der Waals surface area contributed by atoms with Crippen molar-refractivity contribution in [2.24, 2.45) is 0 Å². The van der Waals surface area contributed by atoms with Crippen LogP contribution in [0.15, 0.2) is 0 Å². The van der Waals surface area contributed by atoms with E-state index in [1.807, 2.05) is 6.33 Å². The largest absolute Gasteiger partial charge is 0.253 e. The minimum atomic E-state index is -1.14. The molecule has 1 rings (SSSR count). The Morgan fingerprint density at radius 2 is 1.91 bits per heavy atom. The van der Waals surface area contributed by atoms with Crippen LogP contribution in [0.3, 0.4) is 0 Å². The third-order valence-corrected chi connectivity index (χ3v) is 1.27. The molecule has 0 saturated heterocycles. The highest BCUT2D eigenvalue weighted by Crippen LogP contribution is 2.15. The monoisotopic (exact) mass is 157 g/mol. The molecule has 1 aromatic heterocycles. The minimum absolute atomic E-state index is 0.0671. The van der Waals surface area contributed by atoms with Crippen molar-refractivity contribution in [3.63, 3.8) is 0 Å². The third kappa shape index (κ3) is 1.50. The van der Waals surface area contributed by atoms with E-state index in [1.165, 1.54) is 0 Å². The van der Waals surface area contributed by atoms with Crippen LogP contribution in [0.25, 0.3) is 0 Å². The van der Waals surface area contributed by atoms with Crippen LogP contribution in [-0.2, 0) is 0 Å². The van der Waals surface area contributed by atoms with Gasteiger partial charge in [0.25, 0.3) is 5.95 Å². The SMILES string of the molecule is CC(C)c1n[c]nc(F)c1F. The first-order chi connectivity index (χ1) is 5.13. The highest BCUT2D eigenvalue weighted by atomic mass is 19.2. The normalized spacial score (nSPS) is 10.6. The quantitative estimate of drug-likeness (QED) is 0.579. The molecule has 0 aliphatic carbocycles. The summed E-state index contributed by atoms with van der Waals surface area (Å²) in [5.74, 6) is -2.26. The van der Waals surface area contributed by atoms with Crippen molar-refractivity contribution in [3.05, 3.63) is 23.8 Å². The summed E-state index contributed by atoms with van der Waals surface area (Å²) in [6, 6.07) is 0. The lowest BCUT2D eigenvalue weighted by Crippen LogP contribution is -2.02. The fourth-order valence-corrected chi connectivity index (χ4v) is 0.709. The maximum absolute atomic E-state index is 12.7. The number of rotatable bonds is 1. The molecule has 0 bridgehead atoms. The van der Waals surface area contributed by atoms with Crippen LogP contribution in [0.4, 0.5) is 8.78 Å². The Hall–Kier alpha value is -1.06. The van der Waals surface area contributed by atoms with Gasteiger partial charge in [-0.3, -0.25) is 0 Å². The number of aromatic nitrogens is 2. The molecule has 0 aliphatic heterocycles. The lowest BCUT2D eigenvalue weighted by atomic mass is 10.1. The van der Waals surface area contributed by atoms with E-state index in [0.717, 1.165) is 0 Å².